The molecule has 4 amide bonds. The number of aryl methyl sites for hydroxylation is 1. The van der Waals surface area contributed by atoms with Gasteiger partial charge in [-0.1, -0.05) is 48.0 Å². The Labute approximate surface area is 197 Å². The number of imide groups is 1. The van der Waals surface area contributed by atoms with Crippen LogP contribution in [0.5, 0.6) is 5.75 Å². The second kappa shape index (κ2) is 9.35. The number of rotatable bonds is 6. The predicted octanol–water partition coefficient (Wildman–Crippen LogP) is 2.75. The normalized spacial score (nSPS) is 18.2. The highest BCUT2D eigenvalue weighted by Gasteiger charge is 2.49. The van der Waals surface area contributed by atoms with Gasteiger partial charge < -0.3 is 14.6 Å². The molecule has 34 heavy (non-hydrogen) atoms. The highest BCUT2D eigenvalue weighted by atomic mass is 16.5. The minimum absolute atomic E-state index is 0.443. The molecular weight excluding hydrogens is 432 g/mol. The summed E-state index contributed by atoms with van der Waals surface area (Å²) in [6.45, 7) is 3.72. The van der Waals surface area contributed by atoms with E-state index in [4.69, 9.17) is 4.74 Å². The van der Waals surface area contributed by atoms with Gasteiger partial charge in [-0.25, -0.2) is 4.79 Å². The number of hydrogen-bond acceptors (Lipinski definition) is 4. The van der Waals surface area contributed by atoms with E-state index in [0.717, 1.165) is 16.0 Å². The Morgan fingerprint density at radius 3 is 2.41 bits per heavy atom. The largest absolute Gasteiger partial charge is 0.497 e. The maximum absolute atomic E-state index is 13.1. The third kappa shape index (κ3) is 4.61. The molecule has 3 aromatic rings. The van der Waals surface area contributed by atoms with Crippen molar-refractivity contribution in [2.75, 3.05) is 13.7 Å². The zero-order valence-electron chi connectivity index (χ0n) is 19.3. The van der Waals surface area contributed by atoms with Crippen molar-refractivity contribution in [3.63, 3.8) is 0 Å². The number of nitrogens with one attached hydrogen (secondary N) is 1. The molecule has 0 spiro atoms. The number of nitrogens with zero attached hydrogens (tertiary/aromatic N) is 3. The molecule has 1 fully saturated rings. The highest BCUT2D eigenvalue weighted by molar-refractivity contribution is 6.09. The number of benzene rings is 2. The molecule has 1 aliphatic heterocycles. The third-order valence-electron chi connectivity index (χ3n) is 5.87. The van der Waals surface area contributed by atoms with Gasteiger partial charge in [-0.05, 0) is 49.2 Å². The van der Waals surface area contributed by atoms with Gasteiger partial charge in [0.15, 0.2) is 0 Å². The summed E-state index contributed by atoms with van der Waals surface area (Å²) in [6.07, 6.45) is 1.83. The summed E-state index contributed by atoms with van der Waals surface area (Å²) < 4.78 is 7.00. The third-order valence-corrected chi connectivity index (χ3v) is 5.87. The van der Waals surface area contributed by atoms with Gasteiger partial charge in [0.25, 0.3) is 11.8 Å². The van der Waals surface area contributed by atoms with Crippen LogP contribution in [0.15, 0.2) is 77.9 Å². The Morgan fingerprint density at radius 2 is 1.74 bits per heavy atom. The standard InChI is InChI=1S/C26H26N4O4/c1-18-7-9-19(10-8-18)16-29-15-5-4-6-22(29)27-23(31)17-30-24(32)26(2,28-25(30)33)20-11-13-21(34-3)14-12-20/h4-15H,16-17H2,1-3H3,(H,28,33). The Balaban J connectivity index is 1.53. The average molecular weight is 459 g/mol. The summed E-state index contributed by atoms with van der Waals surface area (Å²) in [6, 6.07) is 19.7. The number of hydrogen-bond donors (Lipinski definition) is 1. The molecule has 0 aliphatic carbocycles. The first kappa shape index (κ1) is 23.0. The van der Waals surface area contributed by atoms with Crippen LogP contribution in [0.25, 0.3) is 0 Å². The minimum atomic E-state index is -1.28. The first-order chi connectivity index (χ1) is 16.3. The molecular formula is C26H26N4O4. The fourth-order valence-corrected chi connectivity index (χ4v) is 3.85. The van der Waals surface area contributed by atoms with E-state index in [0.29, 0.717) is 23.3 Å². The Morgan fingerprint density at radius 1 is 1.03 bits per heavy atom. The second-order valence-electron chi connectivity index (χ2n) is 8.35. The smallest absolute Gasteiger partial charge is 0.325 e. The van der Waals surface area contributed by atoms with Gasteiger partial charge in [-0.2, -0.15) is 4.99 Å². The van der Waals surface area contributed by atoms with Gasteiger partial charge in [-0.15, -0.1) is 0 Å². The van der Waals surface area contributed by atoms with Crippen molar-refractivity contribution in [2.24, 2.45) is 4.99 Å². The van der Waals surface area contributed by atoms with Gasteiger partial charge in [0.05, 0.1) is 7.11 Å². The molecule has 2 aromatic carbocycles. The van der Waals surface area contributed by atoms with Gasteiger partial charge >= 0.3 is 6.03 Å². The lowest BCUT2D eigenvalue weighted by Crippen LogP contribution is -2.41. The number of pyridine rings is 1. The summed E-state index contributed by atoms with van der Waals surface area (Å²) in [7, 11) is 1.55. The number of urea groups is 1. The van der Waals surface area contributed by atoms with E-state index in [2.05, 4.69) is 10.3 Å². The molecule has 174 valence electrons. The van der Waals surface area contributed by atoms with E-state index in [1.165, 1.54) is 0 Å². The lowest BCUT2D eigenvalue weighted by atomic mass is 9.92. The average Bonchev–Trinajstić information content (AvgIpc) is 3.05. The van der Waals surface area contributed by atoms with Crippen molar-refractivity contribution >= 4 is 17.8 Å². The maximum Gasteiger partial charge on any atom is 0.325 e. The van der Waals surface area contributed by atoms with Crippen LogP contribution in [0.3, 0.4) is 0 Å². The van der Waals surface area contributed by atoms with Gasteiger partial charge in [0.1, 0.15) is 23.3 Å². The van der Waals surface area contributed by atoms with Crippen molar-refractivity contribution < 1.29 is 19.1 Å². The van der Waals surface area contributed by atoms with Crippen molar-refractivity contribution in [2.45, 2.75) is 25.9 Å². The molecule has 0 bridgehead atoms. The molecule has 4 rings (SSSR count). The number of amides is 4. The predicted molar refractivity (Wildman–Crippen MR) is 126 cm³/mol. The zero-order valence-corrected chi connectivity index (χ0v) is 19.3. The molecule has 1 unspecified atom stereocenters. The first-order valence-corrected chi connectivity index (χ1v) is 10.9. The Kier molecular flexibility index (Phi) is 6.32. The van der Waals surface area contributed by atoms with Crippen LogP contribution in [-0.2, 0) is 21.7 Å². The number of aromatic nitrogens is 1. The van der Waals surface area contributed by atoms with Gasteiger partial charge in [0.2, 0.25) is 0 Å². The molecule has 1 aliphatic rings. The van der Waals surface area contributed by atoms with Crippen LogP contribution in [-0.4, -0.2) is 41.0 Å². The Hall–Kier alpha value is -4.20. The van der Waals surface area contributed by atoms with Crippen LogP contribution in [0.1, 0.15) is 23.6 Å². The molecule has 0 saturated carbocycles. The second-order valence-corrected chi connectivity index (χ2v) is 8.35. The molecule has 8 nitrogen and oxygen atoms in total. The Bertz CT molecular complexity index is 1300. The molecule has 8 heteroatoms. The monoisotopic (exact) mass is 458 g/mol. The van der Waals surface area contributed by atoms with Crippen LogP contribution < -0.4 is 15.5 Å². The van der Waals surface area contributed by atoms with Crippen molar-refractivity contribution in [1.82, 2.24) is 14.8 Å². The van der Waals surface area contributed by atoms with E-state index < -0.39 is 29.9 Å². The fraction of sp³-hybridized carbons (Fsp3) is 0.231. The number of methoxy groups -OCH3 is 1. The summed E-state index contributed by atoms with van der Waals surface area (Å²) >= 11 is 0. The zero-order chi connectivity index (χ0) is 24.3. The first-order valence-electron chi connectivity index (χ1n) is 10.9. The molecule has 2 heterocycles. The molecule has 1 aromatic heterocycles. The fourth-order valence-electron chi connectivity index (χ4n) is 3.85. The molecule has 1 N–H and O–H groups in total. The number of carbonyl (C=O) groups excluding carboxylic acids is 3. The van der Waals surface area contributed by atoms with Gasteiger partial charge in [0, 0.05) is 12.7 Å². The van der Waals surface area contributed by atoms with Crippen molar-refractivity contribution in [3.8, 4) is 5.75 Å². The molecule has 1 atom stereocenters. The summed E-state index contributed by atoms with van der Waals surface area (Å²) in [5.74, 6) is -0.463. The van der Waals surface area contributed by atoms with Crippen LogP contribution in [0.2, 0.25) is 0 Å². The van der Waals surface area contributed by atoms with Crippen molar-refractivity contribution in [3.05, 3.63) is 95.1 Å². The van der Waals surface area contributed by atoms with E-state index in [1.807, 2.05) is 48.0 Å². The molecule has 0 radical (unpaired) electrons. The van der Waals surface area contributed by atoms with Crippen LogP contribution in [0, 0.1) is 6.92 Å². The summed E-state index contributed by atoms with van der Waals surface area (Å²) in [5.41, 5.74) is 1.99. The SMILES string of the molecule is COc1ccc(C2(C)NC(=O)N(CC(=O)N=c3ccccn3Cc3ccc(C)cc3)C2=O)cc1. The lowest BCUT2D eigenvalue weighted by molar-refractivity contribution is -0.134. The topological polar surface area (TPSA) is 93.0 Å². The summed E-state index contributed by atoms with van der Waals surface area (Å²) in [4.78, 5) is 43.6. The number of carbonyl (C=O) groups is 3. The molecule has 1 saturated heterocycles. The van der Waals surface area contributed by atoms with Crippen molar-refractivity contribution in [1.29, 1.82) is 0 Å². The van der Waals surface area contributed by atoms with E-state index in [9.17, 15) is 14.4 Å². The van der Waals surface area contributed by atoms with E-state index >= 15 is 0 Å². The minimum Gasteiger partial charge on any atom is -0.497 e. The summed E-state index contributed by atoms with van der Waals surface area (Å²) in [5, 5.41) is 2.70. The highest BCUT2D eigenvalue weighted by Crippen LogP contribution is 2.29. The van der Waals surface area contributed by atoms with Crippen LogP contribution >= 0.6 is 0 Å². The lowest BCUT2D eigenvalue weighted by Gasteiger charge is -2.22. The maximum atomic E-state index is 13.1. The van der Waals surface area contributed by atoms with E-state index in [1.54, 1.807) is 50.4 Å². The van der Waals surface area contributed by atoms with Gasteiger partial charge in [-0.3, -0.25) is 14.5 Å². The van der Waals surface area contributed by atoms with E-state index in [-0.39, 0.29) is 0 Å². The van der Waals surface area contributed by atoms with Crippen LogP contribution in [0.4, 0.5) is 4.79 Å². The number of ether oxygens (including phenoxy) is 1. The quantitative estimate of drug-likeness (QED) is 0.575.